The van der Waals surface area contributed by atoms with Gasteiger partial charge in [-0.2, -0.15) is 0 Å². The number of alkyl carbamates (subject to hydrolysis) is 1. The lowest BCUT2D eigenvalue weighted by Crippen LogP contribution is -2.51. The first-order valence-electron chi connectivity index (χ1n) is 18.8. The van der Waals surface area contributed by atoms with Crippen LogP contribution in [0.2, 0.25) is 0 Å². The van der Waals surface area contributed by atoms with Crippen molar-refractivity contribution < 1.29 is 27.9 Å². The SMILES string of the molecule is COC(=O)N[C@H](C(=O)N1CCC[C@H]1c1ncc(-c2cc(F)c(N3CCC(C)(c4cnc([C@@H]5CCCN5C(=O)[C@@H](N)C(C)C)[nH]4)CC3)c(F)c2)[nH]1)C(C)C. The van der Waals surface area contributed by atoms with Crippen molar-refractivity contribution in [3.63, 3.8) is 0 Å². The number of hydrogen-bond donors (Lipinski definition) is 4. The molecule has 0 saturated carbocycles. The third-order valence-electron chi connectivity index (χ3n) is 11.5. The van der Waals surface area contributed by atoms with Gasteiger partial charge in [-0.15, -0.1) is 0 Å². The minimum atomic E-state index is -0.771. The lowest BCUT2D eigenvalue weighted by molar-refractivity contribution is -0.136. The minimum absolute atomic E-state index is 0.0405. The zero-order chi connectivity index (χ0) is 38.2. The van der Waals surface area contributed by atoms with Gasteiger partial charge in [-0.05, 0) is 62.5 Å². The van der Waals surface area contributed by atoms with Gasteiger partial charge in [0.1, 0.15) is 35.0 Å². The number of methoxy groups -OCH3 is 1. The van der Waals surface area contributed by atoms with E-state index < -0.39 is 29.8 Å². The highest BCUT2D eigenvalue weighted by molar-refractivity contribution is 5.86. The lowest BCUT2D eigenvalue weighted by atomic mass is 9.77. The van der Waals surface area contributed by atoms with E-state index in [4.69, 9.17) is 15.5 Å². The Balaban J connectivity index is 1.12. The summed E-state index contributed by atoms with van der Waals surface area (Å²) < 4.78 is 36.3. The zero-order valence-electron chi connectivity index (χ0n) is 31.5. The molecule has 6 rings (SSSR count). The molecule has 15 heteroatoms. The van der Waals surface area contributed by atoms with Gasteiger partial charge >= 0.3 is 6.09 Å². The number of anilines is 1. The van der Waals surface area contributed by atoms with E-state index in [0.717, 1.165) is 30.8 Å². The number of amides is 3. The Bertz CT molecular complexity index is 1780. The number of H-pyrrole nitrogens is 2. The van der Waals surface area contributed by atoms with E-state index in [9.17, 15) is 14.4 Å². The number of carbonyl (C=O) groups excluding carboxylic acids is 3. The summed E-state index contributed by atoms with van der Waals surface area (Å²) in [5.74, 6) is -0.492. The van der Waals surface area contributed by atoms with Crippen LogP contribution in [0.25, 0.3) is 11.3 Å². The molecule has 53 heavy (non-hydrogen) atoms. The van der Waals surface area contributed by atoms with Crippen molar-refractivity contribution in [2.45, 2.75) is 103 Å². The number of aromatic nitrogens is 4. The monoisotopic (exact) mass is 737 g/mol. The number of imidazole rings is 2. The predicted molar refractivity (Wildman–Crippen MR) is 196 cm³/mol. The van der Waals surface area contributed by atoms with Crippen LogP contribution in [-0.4, -0.2) is 93.0 Å². The standard InChI is InChI=1S/C38H53F2N9O4/c1-21(2)30(41)35(50)48-13-7-10-28(48)34-43-20-29(45-34)38(5)11-15-47(16-12-38)32-24(39)17-23(18-25(32)40)26-19-42-33(44-26)27-9-8-14-49(27)36(51)31(22(3)4)46-37(52)53-6/h17-22,27-28,30-31H,7-16,41H2,1-6H3,(H,42,44)(H,43,45)(H,46,52)/t27-,28-,30-,31-/m0/s1. The van der Waals surface area contributed by atoms with Gasteiger partial charge in [0.15, 0.2) is 0 Å². The molecule has 288 valence electrons. The van der Waals surface area contributed by atoms with Crippen molar-refractivity contribution in [3.8, 4) is 11.3 Å². The van der Waals surface area contributed by atoms with Crippen molar-refractivity contribution >= 4 is 23.6 Å². The van der Waals surface area contributed by atoms with E-state index in [0.29, 0.717) is 62.5 Å². The Morgan fingerprint density at radius 1 is 0.887 bits per heavy atom. The molecule has 0 radical (unpaired) electrons. The molecule has 3 aliphatic heterocycles. The number of halogens is 2. The van der Waals surface area contributed by atoms with Crippen molar-refractivity contribution in [1.29, 1.82) is 0 Å². The smallest absolute Gasteiger partial charge is 0.407 e. The van der Waals surface area contributed by atoms with Gasteiger partial charge in [-0.25, -0.2) is 23.5 Å². The van der Waals surface area contributed by atoms with Crippen LogP contribution in [0.3, 0.4) is 0 Å². The molecule has 3 aliphatic rings. The maximum Gasteiger partial charge on any atom is 0.407 e. The molecule has 1 aromatic carbocycles. The van der Waals surface area contributed by atoms with Gasteiger partial charge in [0.05, 0.1) is 37.1 Å². The summed E-state index contributed by atoms with van der Waals surface area (Å²) in [6, 6.07) is 0.786. The van der Waals surface area contributed by atoms with Crippen molar-refractivity contribution in [2.75, 3.05) is 38.2 Å². The van der Waals surface area contributed by atoms with E-state index in [1.807, 2.05) is 38.8 Å². The number of piperidine rings is 1. The van der Waals surface area contributed by atoms with Crippen LogP contribution in [0.15, 0.2) is 24.5 Å². The summed E-state index contributed by atoms with van der Waals surface area (Å²) in [5.41, 5.74) is 7.55. The molecule has 3 saturated heterocycles. The summed E-state index contributed by atoms with van der Waals surface area (Å²) in [4.78, 5) is 59.7. The van der Waals surface area contributed by atoms with Crippen LogP contribution in [0.1, 0.15) is 103 Å². The summed E-state index contributed by atoms with van der Waals surface area (Å²) in [6.45, 7) is 11.8. The second-order valence-electron chi connectivity index (χ2n) is 15.7. The van der Waals surface area contributed by atoms with E-state index in [1.165, 1.54) is 25.4 Å². The summed E-state index contributed by atoms with van der Waals surface area (Å²) in [7, 11) is 1.25. The van der Waals surface area contributed by atoms with Crippen LogP contribution in [0.4, 0.5) is 19.3 Å². The number of ether oxygens (including phenoxy) is 1. The molecule has 13 nitrogen and oxygen atoms in total. The maximum atomic E-state index is 15.8. The van der Waals surface area contributed by atoms with Crippen LogP contribution >= 0.6 is 0 Å². The van der Waals surface area contributed by atoms with Crippen molar-refractivity contribution in [3.05, 3.63) is 53.5 Å². The molecular formula is C38H53F2N9O4. The quantitative estimate of drug-likeness (QED) is 0.217. The number of carbonyl (C=O) groups is 3. The van der Waals surface area contributed by atoms with Crippen molar-refractivity contribution in [1.82, 2.24) is 35.1 Å². The van der Waals surface area contributed by atoms with E-state index in [1.54, 1.807) is 9.80 Å². The second kappa shape index (κ2) is 15.4. The van der Waals surface area contributed by atoms with Crippen LogP contribution in [0, 0.1) is 23.5 Å². The maximum absolute atomic E-state index is 15.8. The fourth-order valence-electron chi connectivity index (χ4n) is 7.97. The van der Waals surface area contributed by atoms with Crippen LogP contribution in [-0.2, 0) is 19.7 Å². The van der Waals surface area contributed by atoms with Crippen LogP contribution in [0.5, 0.6) is 0 Å². The number of nitrogens with zero attached hydrogens (tertiary/aromatic N) is 5. The highest BCUT2D eigenvalue weighted by Gasteiger charge is 2.40. The Morgan fingerprint density at radius 2 is 1.45 bits per heavy atom. The first-order valence-corrected chi connectivity index (χ1v) is 18.8. The van der Waals surface area contributed by atoms with E-state index >= 15 is 8.78 Å². The second-order valence-corrected chi connectivity index (χ2v) is 15.7. The molecule has 2 aromatic heterocycles. The molecule has 0 aliphatic carbocycles. The van der Waals surface area contributed by atoms with Crippen molar-refractivity contribution in [2.24, 2.45) is 17.6 Å². The molecule has 5 N–H and O–H groups in total. The molecule has 3 aromatic rings. The number of aromatic amines is 2. The molecule has 5 heterocycles. The van der Waals surface area contributed by atoms with Gasteiger partial charge in [0.25, 0.3) is 0 Å². The predicted octanol–water partition coefficient (Wildman–Crippen LogP) is 5.33. The average Bonchev–Trinajstić information content (AvgIpc) is 3.96. The largest absolute Gasteiger partial charge is 0.453 e. The Labute approximate surface area is 309 Å². The van der Waals surface area contributed by atoms with E-state index in [-0.39, 0.29) is 46.8 Å². The minimum Gasteiger partial charge on any atom is -0.453 e. The van der Waals surface area contributed by atoms with Gasteiger partial charge in [0.2, 0.25) is 11.8 Å². The summed E-state index contributed by atoms with van der Waals surface area (Å²) >= 11 is 0. The number of likely N-dealkylation sites (tertiary alicyclic amines) is 2. The fraction of sp³-hybridized carbons (Fsp3) is 0.605. The Kier molecular flexibility index (Phi) is 11.1. The number of nitrogens with one attached hydrogen (secondary N) is 3. The first kappa shape index (κ1) is 38.2. The lowest BCUT2D eigenvalue weighted by Gasteiger charge is -2.40. The fourth-order valence-corrected chi connectivity index (χ4v) is 7.97. The van der Waals surface area contributed by atoms with Gasteiger partial charge in [-0.1, -0.05) is 34.6 Å². The van der Waals surface area contributed by atoms with Gasteiger partial charge in [0, 0.05) is 49.0 Å². The highest BCUT2D eigenvalue weighted by Crippen LogP contribution is 2.40. The Morgan fingerprint density at radius 3 is 2.02 bits per heavy atom. The molecule has 4 atom stereocenters. The molecule has 0 unspecified atom stereocenters. The molecular weight excluding hydrogens is 684 g/mol. The summed E-state index contributed by atoms with van der Waals surface area (Å²) in [6.07, 6.45) is 7.09. The van der Waals surface area contributed by atoms with E-state index in [2.05, 4.69) is 27.2 Å². The number of rotatable bonds is 10. The zero-order valence-corrected chi connectivity index (χ0v) is 31.5. The van der Waals surface area contributed by atoms with Gasteiger partial charge in [-0.3, -0.25) is 9.59 Å². The topological polar surface area (TPSA) is 166 Å². The average molecular weight is 738 g/mol. The molecule has 3 amide bonds. The number of benzene rings is 1. The number of nitrogens with two attached hydrogens (primary N) is 1. The normalized spacial score (nSPS) is 21.4. The molecule has 3 fully saturated rings. The Hall–Kier alpha value is -4.53. The molecule has 0 spiro atoms. The first-order chi connectivity index (χ1) is 25.2. The highest BCUT2D eigenvalue weighted by atomic mass is 19.1. The molecule has 0 bridgehead atoms. The third-order valence-corrected chi connectivity index (χ3v) is 11.5. The summed E-state index contributed by atoms with van der Waals surface area (Å²) in [5, 5.41) is 2.64. The number of hydrogen-bond acceptors (Lipinski definition) is 8. The van der Waals surface area contributed by atoms with Crippen LogP contribution < -0.4 is 16.0 Å². The van der Waals surface area contributed by atoms with Gasteiger partial charge < -0.3 is 40.5 Å². The third kappa shape index (κ3) is 7.62.